The summed E-state index contributed by atoms with van der Waals surface area (Å²) in [4.78, 5) is 0. The van der Waals surface area contributed by atoms with E-state index in [9.17, 15) is 5.11 Å². The van der Waals surface area contributed by atoms with Crippen LogP contribution in [-0.2, 0) is 20.9 Å². The van der Waals surface area contributed by atoms with Crippen LogP contribution in [0.5, 0.6) is 0 Å². The van der Waals surface area contributed by atoms with Crippen molar-refractivity contribution in [3.63, 3.8) is 0 Å². The summed E-state index contributed by atoms with van der Waals surface area (Å²) in [7, 11) is -3.70. The molecule has 0 heterocycles. The molecule has 1 N–H and O–H groups in total. The van der Waals surface area contributed by atoms with E-state index in [2.05, 4.69) is 111 Å². The fourth-order valence-electron chi connectivity index (χ4n) is 5.40. The van der Waals surface area contributed by atoms with Crippen LogP contribution in [0.25, 0.3) is 0 Å². The monoisotopic (exact) mass is 614 g/mol. The Balaban J connectivity index is 1.96. The number of aliphatic hydroxyl groups is 1. The smallest absolute Gasteiger partial charge is 0.192 e. The van der Waals surface area contributed by atoms with Crippen LogP contribution >= 0.6 is 0 Å². The van der Waals surface area contributed by atoms with E-state index in [-0.39, 0.29) is 22.3 Å². The third-order valence-electron chi connectivity index (χ3n) is 10.2. The van der Waals surface area contributed by atoms with Gasteiger partial charge in [-0.1, -0.05) is 103 Å². The minimum atomic E-state index is -1.85. The van der Waals surface area contributed by atoms with E-state index in [1.807, 2.05) is 19.9 Å². The molecule has 0 bridgehead atoms. The summed E-state index contributed by atoms with van der Waals surface area (Å²) in [5.74, 6) is 0.673. The van der Waals surface area contributed by atoms with Crippen LogP contribution < -0.4 is 0 Å². The first-order valence-electron chi connectivity index (χ1n) is 16.6. The second-order valence-corrected chi connectivity index (χ2v) is 26.2. The molecule has 3 atom stereocenters. The molecule has 1 aromatic rings. The largest absolute Gasteiger partial charge is 0.414 e. The Bertz CT molecular complexity index is 996. The molecule has 1 aromatic carbocycles. The standard InChI is InChI=1S/C37H66O3Si2/c1-29(24-25-31-22-18-19-23-34(31)37(8,9)38)20-16-14-15-17-21-30-26-32(39-41(10,11)35(2,3)4)28-33(27-30)40-42(12,13)36(5,6)7/h15,17-19,21-23,29,32-33,38H,14,16,20,24-28H2,1-13H3/b17-15+,30-21-/t29-,32+,33-/m1/s1. The molecule has 0 saturated heterocycles. The second kappa shape index (κ2) is 14.9. The van der Waals surface area contributed by atoms with E-state index in [1.165, 1.54) is 24.0 Å². The van der Waals surface area contributed by atoms with E-state index in [1.54, 1.807) is 0 Å². The summed E-state index contributed by atoms with van der Waals surface area (Å²) in [6.45, 7) is 29.6. The molecule has 0 spiro atoms. The van der Waals surface area contributed by atoms with Gasteiger partial charge in [0.25, 0.3) is 0 Å². The lowest BCUT2D eigenvalue weighted by Crippen LogP contribution is -2.48. The molecular weight excluding hydrogens is 549 g/mol. The average molecular weight is 615 g/mol. The molecule has 0 unspecified atom stereocenters. The minimum absolute atomic E-state index is 0.208. The lowest BCUT2D eigenvalue weighted by atomic mass is 9.88. The zero-order chi connectivity index (χ0) is 32.0. The number of benzene rings is 1. The van der Waals surface area contributed by atoms with Crippen molar-refractivity contribution < 1.29 is 14.0 Å². The summed E-state index contributed by atoms with van der Waals surface area (Å²) >= 11 is 0. The molecule has 1 aliphatic rings. The Labute approximate surface area is 262 Å². The van der Waals surface area contributed by atoms with Crippen LogP contribution in [0.2, 0.25) is 36.3 Å². The van der Waals surface area contributed by atoms with Crippen LogP contribution in [0, 0.1) is 5.92 Å². The third kappa shape index (κ3) is 11.5. The lowest BCUT2D eigenvalue weighted by Gasteiger charge is -2.45. The number of rotatable bonds is 13. The Hall–Kier alpha value is -0.986. The Morgan fingerprint density at radius 1 is 0.857 bits per heavy atom. The predicted octanol–water partition coefficient (Wildman–Crippen LogP) is 11.1. The van der Waals surface area contributed by atoms with Crippen molar-refractivity contribution in [2.75, 3.05) is 0 Å². The summed E-state index contributed by atoms with van der Waals surface area (Å²) in [6, 6.07) is 8.35. The maximum atomic E-state index is 10.5. The van der Waals surface area contributed by atoms with Gasteiger partial charge in [-0.25, -0.2) is 0 Å². The fourth-order valence-corrected chi connectivity index (χ4v) is 8.13. The van der Waals surface area contributed by atoms with Crippen molar-refractivity contribution in [3.05, 3.63) is 59.2 Å². The normalized spacial score (nSPS) is 21.3. The number of allylic oxidation sites excluding steroid dienone is 3. The first kappa shape index (κ1) is 37.2. The van der Waals surface area contributed by atoms with Gasteiger partial charge in [-0.15, -0.1) is 0 Å². The summed E-state index contributed by atoms with van der Waals surface area (Å²) < 4.78 is 13.9. The van der Waals surface area contributed by atoms with Gasteiger partial charge in [0.05, 0.1) is 17.8 Å². The van der Waals surface area contributed by atoms with Crippen molar-refractivity contribution in [1.82, 2.24) is 0 Å². The van der Waals surface area contributed by atoms with Crippen molar-refractivity contribution >= 4 is 16.6 Å². The summed E-state index contributed by atoms with van der Waals surface area (Å²) in [5.41, 5.74) is 3.03. The number of aryl methyl sites for hydroxylation is 1. The van der Waals surface area contributed by atoms with Crippen LogP contribution in [0.4, 0.5) is 0 Å². The van der Waals surface area contributed by atoms with Gasteiger partial charge in [-0.05, 0) is 112 Å². The van der Waals surface area contributed by atoms with Crippen molar-refractivity contribution in [1.29, 1.82) is 0 Å². The third-order valence-corrected chi connectivity index (χ3v) is 19.2. The van der Waals surface area contributed by atoms with Gasteiger partial charge in [-0.3, -0.25) is 0 Å². The molecule has 5 heteroatoms. The number of unbranched alkanes of at least 4 members (excludes halogenated alkanes) is 1. The van der Waals surface area contributed by atoms with Crippen LogP contribution in [0.15, 0.2) is 48.1 Å². The molecule has 0 aromatic heterocycles. The maximum Gasteiger partial charge on any atom is 0.192 e. The molecule has 240 valence electrons. The van der Waals surface area contributed by atoms with E-state index >= 15 is 0 Å². The van der Waals surface area contributed by atoms with Crippen LogP contribution in [-0.4, -0.2) is 33.9 Å². The van der Waals surface area contributed by atoms with Crippen molar-refractivity contribution in [2.45, 2.75) is 168 Å². The molecule has 1 saturated carbocycles. The quantitative estimate of drug-likeness (QED) is 0.177. The van der Waals surface area contributed by atoms with Gasteiger partial charge < -0.3 is 14.0 Å². The highest BCUT2D eigenvalue weighted by Gasteiger charge is 2.43. The summed E-state index contributed by atoms with van der Waals surface area (Å²) in [5, 5.41) is 10.9. The van der Waals surface area contributed by atoms with Crippen LogP contribution in [0.1, 0.15) is 118 Å². The van der Waals surface area contributed by atoms with Gasteiger partial charge in [0.2, 0.25) is 0 Å². The highest BCUT2D eigenvalue weighted by molar-refractivity contribution is 6.74. The van der Waals surface area contributed by atoms with Crippen molar-refractivity contribution in [3.8, 4) is 0 Å². The molecule has 1 fully saturated rings. The molecule has 0 radical (unpaired) electrons. The highest BCUT2D eigenvalue weighted by Crippen LogP contribution is 2.43. The molecule has 1 aliphatic carbocycles. The molecular formula is C37H66O3Si2. The molecule has 3 nitrogen and oxygen atoms in total. The lowest BCUT2D eigenvalue weighted by molar-refractivity contribution is 0.0725. The van der Waals surface area contributed by atoms with Crippen LogP contribution in [0.3, 0.4) is 0 Å². The molecule has 0 aliphatic heterocycles. The Morgan fingerprint density at radius 3 is 1.88 bits per heavy atom. The zero-order valence-electron chi connectivity index (χ0n) is 29.7. The SMILES string of the molecule is C[C@H](CCC/C=C/C=C1\C[C@@H](O[Si](C)(C)C(C)(C)C)C[C@@H](O[Si](C)(C)C(C)(C)C)C1)CCc1ccccc1C(C)(C)O. The first-order valence-corrected chi connectivity index (χ1v) is 22.4. The van der Waals surface area contributed by atoms with Gasteiger partial charge in [0, 0.05) is 0 Å². The maximum absolute atomic E-state index is 10.5. The molecule has 2 rings (SSSR count). The van der Waals surface area contributed by atoms with Gasteiger partial charge in [0.15, 0.2) is 16.6 Å². The summed E-state index contributed by atoms with van der Waals surface area (Å²) in [6.07, 6.45) is 16.3. The zero-order valence-corrected chi connectivity index (χ0v) is 31.7. The second-order valence-electron chi connectivity index (χ2n) is 16.7. The molecule has 0 amide bonds. The number of hydrogen-bond donors (Lipinski definition) is 1. The topological polar surface area (TPSA) is 38.7 Å². The van der Waals surface area contributed by atoms with E-state index in [0.29, 0.717) is 5.92 Å². The first-order chi connectivity index (χ1) is 19.1. The van der Waals surface area contributed by atoms with Gasteiger partial charge >= 0.3 is 0 Å². The van der Waals surface area contributed by atoms with E-state index < -0.39 is 22.2 Å². The average Bonchev–Trinajstić information content (AvgIpc) is 2.82. The molecule has 42 heavy (non-hydrogen) atoms. The Kier molecular flexibility index (Phi) is 13.2. The predicted molar refractivity (Wildman–Crippen MR) is 188 cm³/mol. The Morgan fingerprint density at radius 2 is 1.38 bits per heavy atom. The highest BCUT2D eigenvalue weighted by atomic mass is 28.4. The minimum Gasteiger partial charge on any atom is -0.414 e. The fraction of sp³-hybridized carbons (Fsp3) is 0.730. The number of hydrogen-bond acceptors (Lipinski definition) is 3. The van der Waals surface area contributed by atoms with Gasteiger partial charge in [-0.2, -0.15) is 0 Å². The van der Waals surface area contributed by atoms with Crippen molar-refractivity contribution in [2.24, 2.45) is 5.92 Å². The van der Waals surface area contributed by atoms with E-state index in [4.69, 9.17) is 8.85 Å². The van der Waals surface area contributed by atoms with E-state index in [0.717, 1.165) is 44.1 Å². The van der Waals surface area contributed by atoms with Gasteiger partial charge in [0.1, 0.15) is 0 Å².